The van der Waals surface area contributed by atoms with Crippen LogP contribution in [0.5, 0.6) is 0 Å². The molecule has 0 aromatic rings. The summed E-state index contributed by atoms with van der Waals surface area (Å²) < 4.78 is 5.50. The second-order valence-corrected chi connectivity index (χ2v) is 3.77. The van der Waals surface area contributed by atoms with E-state index in [4.69, 9.17) is 10.5 Å². The van der Waals surface area contributed by atoms with Crippen LogP contribution in [-0.4, -0.2) is 18.8 Å². The number of nitrogens with two attached hydrogens (primary N) is 1. The van der Waals surface area contributed by atoms with Gasteiger partial charge in [0.1, 0.15) is 0 Å². The molecule has 2 N–H and O–H groups in total. The molecule has 10 heavy (non-hydrogen) atoms. The third-order valence-electron chi connectivity index (χ3n) is 2.37. The highest BCUT2D eigenvalue weighted by Gasteiger charge is 2.39. The van der Waals surface area contributed by atoms with Gasteiger partial charge in [-0.3, -0.25) is 0 Å². The van der Waals surface area contributed by atoms with Crippen LogP contribution in [0.1, 0.15) is 27.2 Å². The fraction of sp³-hybridized carbons (Fsp3) is 1.00. The molecule has 60 valence electrons. The van der Waals surface area contributed by atoms with Crippen molar-refractivity contribution < 1.29 is 4.74 Å². The number of rotatable bonds is 1. The highest BCUT2D eigenvalue weighted by atomic mass is 16.5. The summed E-state index contributed by atoms with van der Waals surface area (Å²) in [6.45, 7) is 7.25. The Labute approximate surface area is 62.7 Å². The van der Waals surface area contributed by atoms with E-state index < -0.39 is 0 Å². The Bertz CT molecular complexity index is 122. The zero-order valence-electron chi connectivity index (χ0n) is 7.05. The van der Waals surface area contributed by atoms with Gasteiger partial charge in [0, 0.05) is 11.5 Å². The summed E-state index contributed by atoms with van der Waals surface area (Å²) in [6, 6.07) is 0.220. The molecule has 0 saturated carbocycles. The summed E-state index contributed by atoms with van der Waals surface area (Å²) in [5.74, 6) is 0. The van der Waals surface area contributed by atoms with Crippen LogP contribution in [0.2, 0.25) is 0 Å². The van der Waals surface area contributed by atoms with Gasteiger partial charge in [-0.2, -0.15) is 0 Å². The van der Waals surface area contributed by atoms with E-state index >= 15 is 0 Å². The summed E-state index contributed by atoms with van der Waals surface area (Å²) in [6.07, 6.45) is 1.32. The standard InChI is InChI=1S/C8H17NO/c1-4-6-7(9)8(2,3)5-10-6/h6-7H,4-5,9H2,1-3H3/t6?,7-/m1/s1. The van der Waals surface area contributed by atoms with E-state index in [0.717, 1.165) is 13.0 Å². The first-order valence-electron chi connectivity index (χ1n) is 3.95. The smallest absolute Gasteiger partial charge is 0.0729 e. The lowest BCUT2D eigenvalue weighted by Crippen LogP contribution is -2.40. The van der Waals surface area contributed by atoms with Gasteiger partial charge in [0.05, 0.1) is 12.7 Å². The van der Waals surface area contributed by atoms with E-state index in [1.54, 1.807) is 0 Å². The van der Waals surface area contributed by atoms with Gasteiger partial charge >= 0.3 is 0 Å². The molecular weight excluding hydrogens is 126 g/mol. The molecule has 2 atom stereocenters. The molecule has 1 fully saturated rings. The zero-order valence-corrected chi connectivity index (χ0v) is 7.05. The molecule has 0 radical (unpaired) electrons. The lowest BCUT2D eigenvalue weighted by Gasteiger charge is -2.22. The minimum absolute atomic E-state index is 0.181. The Kier molecular flexibility index (Phi) is 2.02. The second kappa shape index (κ2) is 2.51. The Hall–Kier alpha value is -0.0800. The van der Waals surface area contributed by atoms with Gasteiger partial charge in [0.25, 0.3) is 0 Å². The van der Waals surface area contributed by atoms with Crippen molar-refractivity contribution in [1.29, 1.82) is 0 Å². The monoisotopic (exact) mass is 143 g/mol. The first-order valence-corrected chi connectivity index (χ1v) is 3.95. The quantitative estimate of drug-likeness (QED) is 0.597. The lowest BCUT2D eigenvalue weighted by molar-refractivity contribution is 0.0942. The topological polar surface area (TPSA) is 35.2 Å². The van der Waals surface area contributed by atoms with E-state index in [2.05, 4.69) is 20.8 Å². The average molecular weight is 143 g/mol. The minimum atomic E-state index is 0.181. The molecule has 0 bridgehead atoms. The summed E-state index contributed by atoms with van der Waals surface area (Å²) in [5, 5.41) is 0. The van der Waals surface area contributed by atoms with Crippen LogP contribution >= 0.6 is 0 Å². The Balaban J connectivity index is 2.58. The number of ether oxygens (including phenoxy) is 1. The molecule has 1 aliphatic heterocycles. The van der Waals surface area contributed by atoms with Gasteiger partial charge < -0.3 is 10.5 Å². The van der Waals surface area contributed by atoms with Gasteiger partial charge in [-0.1, -0.05) is 20.8 Å². The van der Waals surface area contributed by atoms with Crippen LogP contribution in [0.3, 0.4) is 0 Å². The van der Waals surface area contributed by atoms with Crippen molar-refractivity contribution in [2.45, 2.75) is 39.3 Å². The average Bonchev–Trinajstić information content (AvgIpc) is 2.10. The van der Waals surface area contributed by atoms with Crippen molar-refractivity contribution in [1.82, 2.24) is 0 Å². The molecule has 0 spiro atoms. The van der Waals surface area contributed by atoms with Crippen molar-refractivity contribution in [2.24, 2.45) is 11.1 Å². The predicted octanol–water partition coefficient (Wildman–Crippen LogP) is 1.15. The number of hydrogen-bond acceptors (Lipinski definition) is 2. The maximum atomic E-state index is 5.94. The first-order chi connectivity index (χ1) is 4.58. The third-order valence-corrected chi connectivity index (χ3v) is 2.37. The van der Waals surface area contributed by atoms with Crippen LogP contribution in [0.4, 0.5) is 0 Å². The fourth-order valence-electron chi connectivity index (χ4n) is 1.40. The fourth-order valence-corrected chi connectivity index (χ4v) is 1.40. The molecule has 0 aliphatic carbocycles. The third kappa shape index (κ3) is 1.18. The van der Waals surface area contributed by atoms with Crippen LogP contribution < -0.4 is 5.73 Å². The molecular formula is C8H17NO. The molecule has 2 heteroatoms. The highest BCUT2D eigenvalue weighted by molar-refractivity contribution is 4.92. The minimum Gasteiger partial charge on any atom is -0.376 e. The molecule has 0 aromatic heterocycles. The zero-order chi connectivity index (χ0) is 7.78. The van der Waals surface area contributed by atoms with Gasteiger partial charge in [-0.05, 0) is 6.42 Å². The molecule has 1 aliphatic rings. The lowest BCUT2D eigenvalue weighted by atomic mass is 9.85. The van der Waals surface area contributed by atoms with Crippen LogP contribution in [0.15, 0.2) is 0 Å². The molecule has 1 rings (SSSR count). The molecule has 2 nitrogen and oxygen atoms in total. The van der Waals surface area contributed by atoms with Gasteiger partial charge in [-0.25, -0.2) is 0 Å². The maximum absolute atomic E-state index is 5.94. The summed E-state index contributed by atoms with van der Waals surface area (Å²) in [4.78, 5) is 0. The SMILES string of the molecule is CCC1OCC(C)(C)[C@@H]1N. The van der Waals surface area contributed by atoms with Crippen LogP contribution in [0, 0.1) is 5.41 Å². The van der Waals surface area contributed by atoms with Crippen LogP contribution in [-0.2, 0) is 4.74 Å². The van der Waals surface area contributed by atoms with E-state index in [1.807, 2.05) is 0 Å². The Morgan fingerprint density at radius 3 is 2.40 bits per heavy atom. The summed E-state index contributed by atoms with van der Waals surface area (Å²) in [5.41, 5.74) is 6.12. The molecule has 1 unspecified atom stereocenters. The number of hydrogen-bond donors (Lipinski definition) is 1. The van der Waals surface area contributed by atoms with Gasteiger partial charge in [0.2, 0.25) is 0 Å². The molecule has 0 amide bonds. The summed E-state index contributed by atoms with van der Waals surface area (Å²) in [7, 11) is 0. The van der Waals surface area contributed by atoms with Crippen molar-refractivity contribution in [2.75, 3.05) is 6.61 Å². The largest absolute Gasteiger partial charge is 0.376 e. The van der Waals surface area contributed by atoms with E-state index in [0.29, 0.717) is 0 Å². The Morgan fingerprint density at radius 1 is 1.60 bits per heavy atom. The first kappa shape index (κ1) is 8.02. The van der Waals surface area contributed by atoms with Crippen molar-refractivity contribution in [3.05, 3.63) is 0 Å². The second-order valence-electron chi connectivity index (χ2n) is 3.77. The van der Waals surface area contributed by atoms with E-state index in [-0.39, 0.29) is 17.6 Å². The summed E-state index contributed by atoms with van der Waals surface area (Å²) >= 11 is 0. The van der Waals surface area contributed by atoms with Crippen molar-refractivity contribution in [3.63, 3.8) is 0 Å². The molecule has 1 heterocycles. The van der Waals surface area contributed by atoms with Crippen LogP contribution in [0.25, 0.3) is 0 Å². The Morgan fingerprint density at radius 2 is 2.20 bits per heavy atom. The van der Waals surface area contributed by atoms with Gasteiger partial charge in [-0.15, -0.1) is 0 Å². The van der Waals surface area contributed by atoms with E-state index in [9.17, 15) is 0 Å². The molecule has 1 saturated heterocycles. The van der Waals surface area contributed by atoms with Crippen molar-refractivity contribution >= 4 is 0 Å². The molecule has 0 aromatic carbocycles. The van der Waals surface area contributed by atoms with Crippen molar-refractivity contribution in [3.8, 4) is 0 Å². The predicted molar refractivity (Wildman–Crippen MR) is 41.8 cm³/mol. The maximum Gasteiger partial charge on any atom is 0.0729 e. The van der Waals surface area contributed by atoms with E-state index in [1.165, 1.54) is 0 Å². The highest BCUT2D eigenvalue weighted by Crippen LogP contribution is 2.31. The normalized spacial score (nSPS) is 38.4. The van der Waals surface area contributed by atoms with Gasteiger partial charge in [0.15, 0.2) is 0 Å².